The van der Waals surface area contributed by atoms with Crippen molar-refractivity contribution in [1.82, 2.24) is 10.2 Å². The molecule has 1 saturated carbocycles. The van der Waals surface area contributed by atoms with Crippen molar-refractivity contribution in [3.05, 3.63) is 0 Å². The highest BCUT2D eigenvalue weighted by atomic mass is 16.5. The maximum absolute atomic E-state index is 5.31. The number of methoxy groups -OCH3 is 1. The SMILES string of the molecule is CCC(C)C1CN(C(C)CCOC)C2(CCCC2)CN1. The molecule has 3 unspecified atom stereocenters. The summed E-state index contributed by atoms with van der Waals surface area (Å²) in [6, 6.07) is 1.30. The van der Waals surface area contributed by atoms with Gasteiger partial charge in [-0.1, -0.05) is 33.1 Å². The fraction of sp³-hybridized carbons (Fsp3) is 1.00. The lowest BCUT2D eigenvalue weighted by Gasteiger charge is -2.52. The molecule has 0 bridgehead atoms. The highest BCUT2D eigenvalue weighted by molar-refractivity contribution is 5.03. The summed E-state index contributed by atoms with van der Waals surface area (Å²) in [5, 5.41) is 3.87. The van der Waals surface area contributed by atoms with Gasteiger partial charge in [0.1, 0.15) is 0 Å². The molecule has 2 rings (SSSR count). The molecule has 3 heteroatoms. The Kier molecular flexibility index (Phi) is 5.88. The molecular formula is C17H34N2O. The van der Waals surface area contributed by atoms with E-state index in [9.17, 15) is 0 Å². The Hall–Kier alpha value is -0.120. The molecule has 3 atom stereocenters. The van der Waals surface area contributed by atoms with E-state index in [1.165, 1.54) is 45.2 Å². The van der Waals surface area contributed by atoms with E-state index in [4.69, 9.17) is 4.74 Å². The van der Waals surface area contributed by atoms with Crippen molar-refractivity contribution in [2.24, 2.45) is 5.92 Å². The first-order chi connectivity index (χ1) is 9.63. The minimum atomic E-state index is 0.442. The lowest BCUT2D eigenvalue weighted by atomic mass is 9.85. The smallest absolute Gasteiger partial charge is 0.0477 e. The quantitative estimate of drug-likeness (QED) is 0.810. The first-order valence-electron chi connectivity index (χ1n) is 8.62. The number of nitrogens with zero attached hydrogens (tertiary/aromatic N) is 1. The lowest BCUT2D eigenvalue weighted by Crippen LogP contribution is -2.66. The van der Waals surface area contributed by atoms with Crippen LogP contribution in [0.1, 0.15) is 59.3 Å². The first-order valence-corrected chi connectivity index (χ1v) is 8.62. The van der Waals surface area contributed by atoms with Crippen LogP contribution in [-0.2, 0) is 4.74 Å². The van der Waals surface area contributed by atoms with Gasteiger partial charge in [0.05, 0.1) is 0 Å². The van der Waals surface area contributed by atoms with Crippen LogP contribution in [0.15, 0.2) is 0 Å². The predicted octanol–water partition coefficient (Wildman–Crippen LogP) is 3.04. The highest BCUT2D eigenvalue weighted by Crippen LogP contribution is 2.39. The van der Waals surface area contributed by atoms with Gasteiger partial charge < -0.3 is 10.1 Å². The fourth-order valence-electron chi connectivity index (χ4n) is 4.15. The molecule has 2 aliphatic rings. The summed E-state index contributed by atoms with van der Waals surface area (Å²) < 4.78 is 5.31. The normalized spacial score (nSPS) is 29.7. The van der Waals surface area contributed by atoms with Crippen LogP contribution in [0.5, 0.6) is 0 Å². The molecule has 3 nitrogen and oxygen atoms in total. The number of piperazine rings is 1. The summed E-state index contributed by atoms with van der Waals surface area (Å²) in [5.74, 6) is 0.769. The van der Waals surface area contributed by atoms with Crippen molar-refractivity contribution >= 4 is 0 Å². The molecule has 1 N–H and O–H groups in total. The van der Waals surface area contributed by atoms with Gasteiger partial charge in [0.2, 0.25) is 0 Å². The van der Waals surface area contributed by atoms with Gasteiger partial charge >= 0.3 is 0 Å². The largest absolute Gasteiger partial charge is 0.385 e. The molecule has 20 heavy (non-hydrogen) atoms. The number of rotatable bonds is 6. The van der Waals surface area contributed by atoms with Crippen LogP contribution < -0.4 is 5.32 Å². The van der Waals surface area contributed by atoms with Gasteiger partial charge in [-0.15, -0.1) is 0 Å². The molecule has 0 aromatic heterocycles. The second-order valence-electron chi connectivity index (χ2n) is 7.09. The van der Waals surface area contributed by atoms with Crippen molar-refractivity contribution in [2.75, 3.05) is 26.8 Å². The summed E-state index contributed by atoms with van der Waals surface area (Å²) in [4.78, 5) is 2.84. The molecule has 2 fully saturated rings. The first kappa shape index (κ1) is 16.3. The molecule has 118 valence electrons. The maximum atomic E-state index is 5.31. The van der Waals surface area contributed by atoms with E-state index in [1.807, 2.05) is 7.11 Å². The Balaban J connectivity index is 2.06. The van der Waals surface area contributed by atoms with E-state index in [1.54, 1.807) is 0 Å². The molecule has 0 radical (unpaired) electrons. The van der Waals surface area contributed by atoms with Gasteiger partial charge in [0, 0.05) is 44.4 Å². The van der Waals surface area contributed by atoms with E-state index < -0.39 is 0 Å². The Morgan fingerprint density at radius 1 is 1.30 bits per heavy atom. The zero-order valence-corrected chi connectivity index (χ0v) is 14.0. The third-order valence-electron chi connectivity index (χ3n) is 5.83. The number of hydrogen-bond donors (Lipinski definition) is 1. The van der Waals surface area contributed by atoms with Crippen molar-refractivity contribution in [3.63, 3.8) is 0 Å². The second kappa shape index (κ2) is 7.24. The van der Waals surface area contributed by atoms with Crippen LogP contribution in [0.3, 0.4) is 0 Å². The Labute approximate surface area is 125 Å². The van der Waals surface area contributed by atoms with Crippen LogP contribution >= 0.6 is 0 Å². The van der Waals surface area contributed by atoms with Crippen LogP contribution in [0.25, 0.3) is 0 Å². The Bertz CT molecular complexity index is 289. The van der Waals surface area contributed by atoms with E-state index in [2.05, 4.69) is 31.0 Å². The second-order valence-corrected chi connectivity index (χ2v) is 7.09. The molecule has 0 amide bonds. The lowest BCUT2D eigenvalue weighted by molar-refractivity contribution is -0.00822. The van der Waals surface area contributed by atoms with E-state index in [0.717, 1.165) is 18.9 Å². The van der Waals surface area contributed by atoms with Crippen LogP contribution in [0.4, 0.5) is 0 Å². The topological polar surface area (TPSA) is 24.5 Å². The summed E-state index contributed by atoms with van der Waals surface area (Å²) in [5.41, 5.74) is 0.442. The van der Waals surface area contributed by atoms with Gasteiger partial charge in [-0.3, -0.25) is 4.90 Å². The van der Waals surface area contributed by atoms with E-state index in [-0.39, 0.29) is 0 Å². The zero-order chi connectivity index (χ0) is 14.6. The molecular weight excluding hydrogens is 248 g/mol. The monoisotopic (exact) mass is 282 g/mol. The van der Waals surface area contributed by atoms with E-state index in [0.29, 0.717) is 17.6 Å². The number of nitrogens with one attached hydrogen (secondary N) is 1. The zero-order valence-electron chi connectivity index (χ0n) is 14.0. The number of ether oxygens (including phenoxy) is 1. The fourth-order valence-corrected chi connectivity index (χ4v) is 4.15. The third-order valence-corrected chi connectivity index (χ3v) is 5.83. The standard InChI is InChI=1S/C17H34N2O/c1-5-14(2)16-12-19(15(3)8-11-20-4)17(13-18-16)9-6-7-10-17/h14-16,18H,5-13H2,1-4H3. The van der Waals surface area contributed by atoms with Crippen molar-refractivity contribution in [2.45, 2.75) is 76.9 Å². The molecule has 1 aliphatic carbocycles. The van der Waals surface area contributed by atoms with Crippen molar-refractivity contribution in [3.8, 4) is 0 Å². The summed E-state index contributed by atoms with van der Waals surface area (Å²) in [6.45, 7) is 10.4. The summed E-state index contributed by atoms with van der Waals surface area (Å²) >= 11 is 0. The van der Waals surface area contributed by atoms with Crippen molar-refractivity contribution < 1.29 is 4.74 Å². The maximum Gasteiger partial charge on any atom is 0.0477 e. The molecule has 1 heterocycles. The van der Waals surface area contributed by atoms with Crippen LogP contribution in [0.2, 0.25) is 0 Å². The Morgan fingerprint density at radius 3 is 2.60 bits per heavy atom. The van der Waals surface area contributed by atoms with Gasteiger partial charge in [-0.05, 0) is 32.1 Å². The third kappa shape index (κ3) is 3.37. The minimum Gasteiger partial charge on any atom is -0.385 e. The average molecular weight is 282 g/mol. The van der Waals surface area contributed by atoms with Gasteiger partial charge in [0.25, 0.3) is 0 Å². The summed E-state index contributed by atoms with van der Waals surface area (Å²) in [6.07, 6.45) is 8.00. The molecule has 0 aromatic rings. The van der Waals surface area contributed by atoms with Crippen LogP contribution in [-0.4, -0.2) is 49.3 Å². The highest BCUT2D eigenvalue weighted by Gasteiger charge is 2.45. The molecule has 1 saturated heterocycles. The number of hydrogen-bond acceptors (Lipinski definition) is 3. The van der Waals surface area contributed by atoms with Crippen molar-refractivity contribution in [1.29, 1.82) is 0 Å². The Morgan fingerprint density at radius 2 is 2.00 bits per heavy atom. The molecule has 1 spiro atoms. The van der Waals surface area contributed by atoms with Gasteiger partial charge in [0.15, 0.2) is 0 Å². The minimum absolute atomic E-state index is 0.442. The van der Waals surface area contributed by atoms with Crippen LogP contribution in [0, 0.1) is 5.92 Å². The molecule has 0 aromatic carbocycles. The average Bonchev–Trinajstić information content (AvgIpc) is 2.93. The molecule has 1 aliphatic heterocycles. The van der Waals surface area contributed by atoms with Gasteiger partial charge in [-0.2, -0.15) is 0 Å². The predicted molar refractivity (Wildman–Crippen MR) is 85.1 cm³/mol. The summed E-state index contributed by atoms with van der Waals surface area (Å²) in [7, 11) is 1.82. The van der Waals surface area contributed by atoms with E-state index >= 15 is 0 Å². The van der Waals surface area contributed by atoms with Gasteiger partial charge in [-0.25, -0.2) is 0 Å².